The Morgan fingerprint density at radius 1 is 1.07 bits per heavy atom. The molecule has 1 heterocycles. The van der Waals surface area contributed by atoms with Crippen LogP contribution in [0.5, 0.6) is 0 Å². The molecule has 0 bridgehead atoms. The van der Waals surface area contributed by atoms with Crippen molar-refractivity contribution >= 4 is 44.8 Å². The molecule has 0 aromatic heterocycles. The number of halogens is 3. The van der Waals surface area contributed by atoms with Gasteiger partial charge in [-0.05, 0) is 18.2 Å². The number of carbonyl (C=O) groups is 1. The number of nitro benzene ring substituents is 1. The van der Waals surface area contributed by atoms with E-state index in [1.165, 1.54) is 23.1 Å². The summed E-state index contributed by atoms with van der Waals surface area (Å²) < 4.78 is 40.4. The first-order valence-electron chi connectivity index (χ1n) is 8.30. The molecule has 0 aliphatic carbocycles. The molecular weight excluding hydrogens is 448 g/mol. The maximum Gasteiger partial charge on any atom is 0.289 e. The molecule has 1 aliphatic heterocycles. The van der Waals surface area contributed by atoms with Gasteiger partial charge in [-0.15, -0.1) is 0 Å². The predicted octanol–water partition coefficient (Wildman–Crippen LogP) is 3.19. The minimum absolute atomic E-state index is 0.0132. The number of hydrogen-bond acceptors (Lipinski definition) is 5. The van der Waals surface area contributed by atoms with E-state index < -0.39 is 37.3 Å². The quantitative estimate of drug-likeness (QED) is 0.395. The molecule has 1 amide bonds. The SMILES string of the molecule is O=C(c1cc(F)c(Cl)cc1Cl)N1CCN(S(=O)(=O)c2ccccc2[N+](=O)[O-])CC1. The standard InChI is InChI=1S/C17H14Cl2FN3O5S/c18-12-10-13(19)14(20)9-11(12)17(24)21-5-7-22(8-6-21)29(27,28)16-4-2-1-3-15(16)23(25)26/h1-4,9-10H,5-8H2. The molecule has 3 rings (SSSR count). The van der Waals surface area contributed by atoms with Gasteiger partial charge < -0.3 is 4.90 Å². The summed E-state index contributed by atoms with van der Waals surface area (Å²) in [7, 11) is -4.12. The molecule has 29 heavy (non-hydrogen) atoms. The van der Waals surface area contributed by atoms with E-state index in [1.54, 1.807) is 0 Å². The maximum absolute atomic E-state index is 13.7. The first-order chi connectivity index (χ1) is 13.6. The van der Waals surface area contributed by atoms with E-state index in [0.29, 0.717) is 0 Å². The fourth-order valence-electron chi connectivity index (χ4n) is 2.95. The molecule has 0 radical (unpaired) electrons. The van der Waals surface area contributed by atoms with Crippen molar-refractivity contribution in [3.05, 3.63) is 67.9 Å². The molecule has 0 saturated carbocycles. The Balaban J connectivity index is 1.78. The van der Waals surface area contributed by atoms with Gasteiger partial charge in [0.2, 0.25) is 10.0 Å². The van der Waals surface area contributed by atoms with E-state index in [4.69, 9.17) is 23.2 Å². The molecule has 1 aliphatic rings. The van der Waals surface area contributed by atoms with Crippen LogP contribution in [0.3, 0.4) is 0 Å². The lowest BCUT2D eigenvalue weighted by atomic mass is 10.1. The van der Waals surface area contributed by atoms with Crippen molar-refractivity contribution in [3.63, 3.8) is 0 Å². The van der Waals surface area contributed by atoms with E-state index in [-0.39, 0.29) is 41.8 Å². The summed E-state index contributed by atoms with van der Waals surface area (Å²) in [6.07, 6.45) is 0. The Kier molecular flexibility index (Phi) is 6.08. The third-order valence-corrected chi connectivity index (χ3v) is 6.99. The van der Waals surface area contributed by atoms with Gasteiger partial charge >= 0.3 is 0 Å². The second kappa shape index (κ2) is 8.23. The van der Waals surface area contributed by atoms with Gasteiger partial charge in [0, 0.05) is 32.2 Å². The molecule has 2 aromatic rings. The lowest BCUT2D eigenvalue weighted by Gasteiger charge is -2.34. The van der Waals surface area contributed by atoms with Crippen molar-refractivity contribution in [2.24, 2.45) is 0 Å². The summed E-state index contributed by atoms with van der Waals surface area (Å²) in [5.74, 6) is -1.36. The van der Waals surface area contributed by atoms with Crippen LogP contribution in [0.1, 0.15) is 10.4 Å². The highest BCUT2D eigenvalue weighted by atomic mass is 35.5. The minimum Gasteiger partial charge on any atom is -0.336 e. The van der Waals surface area contributed by atoms with Crippen LogP contribution in [-0.2, 0) is 10.0 Å². The number of nitro groups is 1. The number of amides is 1. The van der Waals surface area contributed by atoms with Gasteiger partial charge in [-0.3, -0.25) is 14.9 Å². The third-order valence-electron chi connectivity index (χ3n) is 4.45. The molecule has 1 fully saturated rings. The average Bonchev–Trinajstić information content (AvgIpc) is 2.70. The molecule has 0 spiro atoms. The minimum atomic E-state index is -4.12. The van der Waals surface area contributed by atoms with Crippen LogP contribution >= 0.6 is 23.2 Å². The van der Waals surface area contributed by atoms with E-state index in [0.717, 1.165) is 22.5 Å². The number of para-hydroxylation sites is 1. The van der Waals surface area contributed by atoms with Gasteiger partial charge in [-0.1, -0.05) is 35.3 Å². The van der Waals surface area contributed by atoms with Crippen LogP contribution in [0.25, 0.3) is 0 Å². The topological polar surface area (TPSA) is 101 Å². The summed E-state index contributed by atoms with van der Waals surface area (Å²) in [6.45, 7) is -0.125. The summed E-state index contributed by atoms with van der Waals surface area (Å²) >= 11 is 11.6. The second-order valence-electron chi connectivity index (χ2n) is 6.17. The van der Waals surface area contributed by atoms with Crippen LogP contribution in [0.15, 0.2) is 41.3 Å². The van der Waals surface area contributed by atoms with E-state index in [9.17, 15) is 27.7 Å². The first kappa shape index (κ1) is 21.4. The summed E-state index contributed by atoms with van der Waals surface area (Å²) in [6, 6.07) is 7.12. The highest BCUT2D eigenvalue weighted by Crippen LogP contribution is 2.28. The molecule has 1 saturated heterocycles. The summed E-state index contributed by atoms with van der Waals surface area (Å²) in [5.41, 5.74) is -0.599. The Morgan fingerprint density at radius 2 is 1.69 bits per heavy atom. The largest absolute Gasteiger partial charge is 0.336 e. The van der Waals surface area contributed by atoms with Crippen molar-refractivity contribution in [2.45, 2.75) is 4.90 Å². The summed E-state index contributed by atoms with van der Waals surface area (Å²) in [5, 5.41) is 10.9. The maximum atomic E-state index is 13.7. The number of sulfonamides is 1. The van der Waals surface area contributed by atoms with Crippen molar-refractivity contribution < 1.29 is 22.5 Å². The van der Waals surface area contributed by atoms with Crippen molar-refractivity contribution in [2.75, 3.05) is 26.2 Å². The highest BCUT2D eigenvalue weighted by Gasteiger charge is 2.35. The van der Waals surface area contributed by atoms with Crippen molar-refractivity contribution in [1.82, 2.24) is 9.21 Å². The summed E-state index contributed by atoms with van der Waals surface area (Å²) in [4.78, 5) is 23.9. The lowest BCUT2D eigenvalue weighted by molar-refractivity contribution is -0.387. The van der Waals surface area contributed by atoms with Crippen molar-refractivity contribution in [3.8, 4) is 0 Å². The Morgan fingerprint density at radius 3 is 2.31 bits per heavy atom. The van der Waals surface area contributed by atoms with Gasteiger partial charge in [0.25, 0.3) is 11.6 Å². The zero-order valence-corrected chi connectivity index (χ0v) is 17.0. The van der Waals surface area contributed by atoms with E-state index >= 15 is 0 Å². The second-order valence-corrected chi connectivity index (χ2v) is 8.89. The number of hydrogen-bond donors (Lipinski definition) is 0. The van der Waals surface area contributed by atoms with E-state index in [2.05, 4.69) is 0 Å². The molecule has 8 nitrogen and oxygen atoms in total. The Bertz CT molecular complexity index is 1090. The number of rotatable bonds is 4. The van der Waals surface area contributed by atoms with Crippen LogP contribution < -0.4 is 0 Å². The predicted molar refractivity (Wildman–Crippen MR) is 104 cm³/mol. The van der Waals surface area contributed by atoms with Crippen LogP contribution in [0.4, 0.5) is 10.1 Å². The molecule has 12 heteroatoms. The fraction of sp³-hybridized carbons (Fsp3) is 0.235. The highest BCUT2D eigenvalue weighted by molar-refractivity contribution is 7.89. The van der Waals surface area contributed by atoms with Crippen molar-refractivity contribution in [1.29, 1.82) is 0 Å². The third kappa shape index (κ3) is 4.20. The average molecular weight is 462 g/mol. The van der Waals surface area contributed by atoms with Crippen LogP contribution in [0, 0.1) is 15.9 Å². The Labute approximate surface area is 175 Å². The molecule has 0 unspecified atom stereocenters. The van der Waals surface area contributed by atoms with Crippen LogP contribution in [0.2, 0.25) is 10.0 Å². The molecule has 2 aromatic carbocycles. The number of nitrogens with zero attached hydrogens (tertiary/aromatic N) is 3. The van der Waals surface area contributed by atoms with Gasteiger partial charge in [-0.25, -0.2) is 12.8 Å². The lowest BCUT2D eigenvalue weighted by Crippen LogP contribution is -2.50. The Hall–Kier alpha value is -2.27. The smallest absolute Gasteiger partial charge is 0.289 e. The molecule has 0 N–H and O–H groups in total. The van der Waals surface area contributed by atoms with E-state index in [1.807, 2.05) is 0 Å². The zero-order valence-electron chi connectivity index (χ0n) is 14.7. The van der Waals surface area contributed by atoms with Gasteiger partial charge in [0.05, 0.1) is 20.5 Å². The number of benzene rings is 2. The molecule has 154 valence electrons. The number of carbonyl (C=O) groups excluding carboxylic acids is 1. The number of piperazine rings is 1. The molecular formula is C17H14Cl2FN3O5S. The zero-order chi connectivity index (χ0) is 21.3. The normalized spacial score (nSPS) is 15.3. The van der Waals surface area contributed by atoms with Gasteiger partial charge in [-0.2, -0.15) is 4.31 Å². The van der Waals surface area contributed by atoms with Crippen LogP contribution in [-0.4, -0.2) is 54.6 Å². The first-order valence-corrected chi connectivity index (χ1v) is 10.5. The van der Waals surface area contributed by atoms with Gasteiger partial charge in [0.1, 0.15) is 5.82 Å². The fourth-order valence-corrected chi connectivity index (χ4v) is 5.00. The van der Waals surface area contributed by atoms with Gasteiger partial charge in [0.15, 0.2) is 4.90 Å². The monoisotopic (exact) mass is 461 g/mol. The molecule has 0 atom stereocenters.